The first-order valence-corrected chi connectivity index (χ1v) is 4.65. The summed E-state index contributed by atoms with van der Waals surface area (Å²) in [5.74, 6) is -0.109. The molecule has 72 valence electrons. The first-order valence-electron chi connectivity index (χ1n) is 4.65. The Morgan fingerprint density at radius 3 is 2.57 bits per heavy atom. The van der Waals surface area contributed by atoms with E-state index in [0.29, 0.717) is 12.8 Å². The molecule has 1 atom stereocenters. The molecule has 1 rings (SSSR count). The zero-order valence-electron chi connectivity index (χ0n) is 8.23. The van der Waals surface area contributed by atoms with Gasteiger partial charge in [-0.2, -0.15) is 5.26 Å². The van der Waals surface area contributed by atoms with Crippen molar-refractivity contribution in [2.24, 2.45) is 5.92 Å². The standard InChI is InChI=1S/C12H13NO/c1-10(14)7-12(9-13)8-11-5-3-2-4-6-11/h2-6,12H,7-8H2,1H3. The van der Waals surface area contributed by atoms with Crippen LogP contribution in [0.25, 0.3) is 0 Å². The highest BCUT2D eigenvalue weighted by Crippen LogP contribution is 2.11. The van der Waals surface area contributed by atoms with E-state index in [2.05, 4.69) is 6.07 Å². The summed E-state index contributed by atoms with van der Waals surface area (Å²) in [4.78, 5) is 10.9. The minimum Gasteiger partial charge on any atom is -0.300 e. The SMILES string of the molecule is CC(=O)CC(C#N)Cc1ccccc1. The molecule has 0 aliphatic heterocycles. The van der Waals surface area contributed by atoms with Crippen LogP contribution in [-0.2, 0) is 11.2 Å². The highest BCUT2D eigenvalue weighted by Gasteiger charge is 2.10. The number of hydrogen-bond donors (Lipinski definition) is 0. The lowest BCUT2D eigenvalue weighted by molar-refractivity contribution is -0.117. The third-order valence-corrected chi connectivity index (χ3v) is 2.04. The molecule has 1 aromatic rings. The maximum Gasteiger partial charge on any atom is 0.131 e. The van der Waals surface area contributed by atoms with Crippen LogP contribution in [0.2, 0.25) is 0 Å². The van der Waals surface area contributed by atoms with Crippen LogP contribution in [0.5, 0.6) is 0 Å². The van der Waals surface area contributed by atoms with Crippen LogP contribution in [0, 0.1) is 17.2 Å². The van der Waals surface area contributed by atoms with Gasteiger partial charge in [-0.25, -0.2) is 0 Å². The first-order chi connectivity index (χ1) is 6.72. The van der Waals surface area contributed by atoms with Gasteiger partial charge in [0.05, 0.1) is 12.0 Å². The van der Waals surface area contributed by atoms with Crippen LogP contribution >= 0.6 is 0 Å². The number of rotatable bonds is 4. The van der Waals surface area contributed by atoms with E-state index >= 15 is 0 Å². The number of Topliss-reactive ketones (excluding diaryl/α,β-unsaturated/α-hetero) is 1. The van der Waals surface area contributed by atoms with Crippen LogP contribution in [0.1, 0.15) is 18.9 Å². The quantitative estimate of drug-likeness (QED) is 0.726. The molecule has 0 N–H and O–H groups in total. The molecule has 0 spiro atoms. The molecular weight excluding hydrogens is 174 g/mol. The molecular formula is C12H13NO. The summed E-state index contributed by atoms with van der Waals surface area (Å²) in [6.45, 7) is 1.52. The summed E-state index contributed by atoms with van der Waals surface area (Å²) in [6.07, 6.45) is 1.02. The lowest BCUT2D eigenvalue weighted by Gasteiger charge is -2.05. The minimum absolute atomic E-state index is 0.0764. The number of nitrogens with zero attached hydrogens (tertiary/aromatic N) is 1. The third-order valence-electron chi connectivity index (χ3n) is 2.04. The molecule has 0 aromatic heterocycles. The highest BCUT2D eigenvalue weighted by molar-refractivity contribution is 5.76. The second kappa shape index (κ2) is 5.18. The molecule has 0 saturated carbocycles. The van der Waals surface area contributed by atoms with Crippen LogP contribution in [0.4, 0.5) is 0 Å². The van der Waals surface area contributed by atoms with E-state index in [4.69, 9.17) is 5.26 Å². The Morgan fingerprint density at radius 1 is 1.43 bits per heavy atom. The summed E-state index contributed by atoms with van der Waals surface area (Å²) in [5, 5.41) is 8.83. The summed E-state index contributed by atoms with van der Waals surface area (Å²) in [6, 6.07) is 11.9. The van der Waals surface area contributed by atoms with Gasteiger partial charge in [-0.05, 0) is 18.9 Å². The highest BCUT2D eigenvalue weighted by atomic mass is 16.1. The molecule has 14 heavy (non-hydrogen) atoms. The Hall–Kier alpha value is -1.62. The van der Waals surface area contributed by atoms with Gasteiger partial charge < -0.3 is 0 Å². The molecule has 0 amide bonds. The van der Waals surface area contributed by atoms with Crippen LogP contribution in [0.15, 0.2) is 30.3 Å². The van der Waals surface area contributed by atoms with Gasteiger partial charge in [0.15, 0.2) is 0 Å². The fraction of sp³-hybridized carbons (Fsp3) is 0.333. The van der Waals surface area contributed by atoms with Gasteiger partial charge in [0.1, 0.15) is 5.78 Å². The molecule has 0 radical (unpaired) electrons. The fourth-order valence-corrected chi connectivity index (χ4v) is 1.41. The predicted molar refractivity (Wildman–Crippen MR) is 54.5 cm³/mol. The molecule has 0 saturated heterocycles. The second-order valence-corrected chi connectivity index (χ2v) is 3.42. The van der Waals surface area contributed by atoms with Gasteiger partial charge in [0.2, 0.25) is 0 Å². The van der Waals surface area contributed by atoms with Crippen molar-refractivity contribution in [2.45, 2.75) is 19.8 Å². The Morgan fingerprint density at radius 2 is 2.07 bits per heavy atom. The summed E-state index contributed by atoms with van der Waals surface area (Å²) in [5.41, 5.74) is 1.11. The third kappa shape index (κ3) is 3.40. The van der Waals surface area contributed by atoms with Crippen LogP contribution in [0.3, 0.4) is 0 Å². The molecule has 2 heteroatoms. The smallest absolute Gasteiger partial charge is 0.131 e. The molecule has 1 aromatic carbocycles. The van der Waals surface area contributed by atoms with Crippen molar-refractivity contribution in [1.29, 1.82) is 5.26 Å². The van der Waals surface area contributed by atoms with E-state index < -0.39 is 0 Å². The van der Waals surface area contributed by atoms with Crippen LogP contribution < -0.4 is 0 Å². The van der Waals surface area contributed by atoms with Crippen molar-refractivity contribution >= 4 is 5.78 Å². The maximum absolute atomic E-state index is 10.9. The van der Waals surface area contributed by atoms with Crippen molar-refractivity contribution in [3.63, 3.8) is 0 Å². The number of hydrogen-bond acceptors (Lipinski definition) is 2. The van der Waals surface area contributed by atoms with Crippen molar-refractivity contribution in [3.8, 4) is 6.07 Å². The van der Waals surface area contributed by atoms with Gasteiger partial charge in [-0.1, -0.05) is 30.3 Å². The van der Waals surface area contributed by atoms with Crippen molar-refractivity contribution in [3.05, 3.63) is 35.9 Å². The maximum atomic E-state index is 10.9. The topological polar surface area (TPSA) is 40.9 Å². The van der Waals surface area contributed by atoms with E-state index in [0.717, 1.165) is 5.56 Å². The lowest BCUT2D eigenvalue weighted by Crippen LogP contribution is -2.06. The Balaban J connectivity index is 2.58. The van der Waals surface area contributed by atoms with Crippen molar-refractivity contribution in [2.75, 3.05) is 0 Å². The normalized spacial score (nSPS) is 11.7. The number of carbonyl (C=O) groups is 1. The minimum atomic E-state index is -0.185. The van der Waals surface area contributed by atoms with E-state index in [1.54, 1.807) is 0 Å². The molecule has 2 nitrogen and oxygen atoms in total. The van der Waals surface area contributed by atoms with Crippen molar-refractivity contribution < 1.29 is 4.79 Å². The monoisotopic (exact) mass is 187 g/mol. The van der Waals surface area contributed by atoms with Gasteiger partial charge in [0, 0.05) is 6.42 Å². The second-order valence-electron chi connectivity index (χ2n) is 3.42. The Labute approximate surface area is 84.2 Å². The zero-order chi connectivity index (χ0) is 10.4. The largest absolute Gasteiger partial charge is 0.300 e. The van der Waals surface area contributed by atoms with Gasteiger partial charge in [-0.15, -0.1) is 0 Å². The van der Waals surface area contributed by atoms with Crippen molar-refractivity contribution in [1.82, 2.24) is 0 Å². The molecule has 0 fully saturated rings. The van der Waals surface area contributed by atoms with E-state index in [9.17, 15) is 4.79 Å². The van der Waals surface area contributed by atoms with E-state index in [1.807, 2.05) is 30.3 Å². The summed E-state index contributed by atoms with van der Waals surface area (Å²) >= 11 is 0. The van der Waals surface area contributed by atoms with Gasteiger partial charge in [-0.3, -0.25) is 4.79 Å². The molecule has 0 aliphatic carbocycles. The van der Waals surface area contributed by atoms with E-state index in [-0.39, 0.29) is 11.7 Å². The van der Waals surface area contributed by atoms with Crippen LogP contribution in [-0.4, -0.2) is 5.78 Å². The van der Waals surface area contributed by atoms with E-state index in [1.165, 1.54) is 6.92 Å². The average Bonchev–Trinajstić information content (AvgIpc) is 2.17. The first kappa shape index (κ1) is 10.5. The predicted octanol–water partition coefficient (Wildman–Crippen LogP) is 2.35. The fourth-order valence-electron chi connectivity index (χ4n) is 1.41. The number of carbonyl (C=O) groups excluding carboxylic acids is 1. The number of nitriles is 1. The Bertz CT molecular complexity index is 337. The number of ketones is 1. The summed E-state index contributed by atoms with van der Waals surface area (Å²) in [7, 11) is 0. The van der Waals surface area contributed by atoms with Gasteiger partial charge in [0.25, 0.3) is 0 Å². The van der Waals surface area contributed by atoms with Gasteiger partial charge >= 0.3 is 0 Å². The summed E-state index contributed by atoms with van der Waals surface area (Å²) < 4.78 is 0. The Kier molecular flexibility index (Phi) is 3.87. The lowest BCUT2D eigenvalue weighted by atomic mass is 9.96. The number of benzene rings is 1. The average molecular weight is 187 g/mol. The molecule has 0 bridgehead atoms. The molecule has 0 aliphatic rings. The zero-order valence-corrected chi connectivity index (χ0v) is 8.23. The molecule has 0 heterocycles. The molecule has 1 unspecified atom stereocenters.